The Morgan fingerprint density at radius 3 is 2.89 bits per heavy atom. The smallest absolute Gasteiger partial charge is 0.270 e. The monoisotopic (exact) mass is 263 g/mol. The van der Waals surface area contributed by atoms with Gasteiger partial charge in [0.25, 0.3) is 5.69 Å². The van der Waals surface area contributed by atoms with Crippen LogP contribution in [0.2, 0.25) is 0 Å². The third-order valence-corrected chi connectivity index (χ3v) is 2.58. The predicted octanol–water partition coefficient (Wildman–Crippen LogP) is 1.40. The second-order valence-corrected chi connectivity index (χ2v) is 4.02. The molecule has 100 valence electrons. The number of nitrogens with zero attached hydrogens (tertiary/aromatic N) is 3. The number of nitro groups is 1. The highest BCUT2D eigenvalue weighted by Crippen LogP contribution is 2.24. The van der Waals surface area contributed by atoms with E-state index in [4.69, 9.17) is 4.74 Å². The number of benzene rings is 1. The molecule has 0 aliphatic rings. The minimum absolute atomic E-state index is 0.0715. The van der Waals surface area contributed by atoms with Crippen molar-refractivity contribution in [3.8, 4) is 5.75 Å². The summed E-state index contributed by atoms with van der Waals surface area (Å²) in [4.78, 5) is 10.1. The summed E-state index contributed by atoms with van der Waals surface area (Å²) in [7, 11) is 1.80. The van der Waals surface area contributed by atoms with Crippen LogP contribution in [0.15, 0.2) is 30.6 Å². The van der Waals surface area contributed by atoms with Crippen molar-refractivity contribution >= 4 is 5.69 Å². The third kappa shape index (κ3) is 3.08. The molecule has 0 saturated carbocycles. The minimum atomic E-state index is -0.510. The van der Waals surface area contributed by atoms with Gasteiger partial charge >= 0.3 is 0 Å². The average Bonchev–Trinajstić information content (AvgIpc) is 2.81. The van der Waals surface area contributed by atoms with E-state index in [0.717, 1.165) is 5.56 Å². The molecule has 0 aliphatic heterocycles. The SMILES string of the molecule is Cn1cc(COc2ccc([N+](=O)[O-])cc2CO)cn1. The van der Waals surface area contributed by atoms with Crippen LogP contribution in [-0.2, 0) is 20.3 Å². The van der Waals surface area contributed by atoms with Gasteiger partial charge < -0.3 is 9.84 Å². The summed E-state index contributed by atoms with van der Waals surface area (Å²) in [6.45, 7) is -0.0251. The normalized spacial score (nSPS) is 10.4. The number of rotatable bonds is 5. The third-order valence-electron chi connectivity index (χ3n) is 2.58. The second-order valence-electron chi connectivity index (χ2n) is 4.02. The topological polar surface area (TPSA) is 90.4 Å². The molecule has 1 aromatic carbocycles. The van der Waals surface area contributed by atoms with Gasteiger partial charge in [0, 0.05) is 36.5 Å². The van der Waals surface area contributed by atoms with Crippen molar-refractivity contribution in [1.29, 1.82) is 0 Å². The first kappa shape index (κ1) is 13.0. The van der Waals surface area contributed by atoms with Gasteiger partial charge in [-0.05, 0) is 6.07 Å². The van der Waals surface area contributed by atoms with Crippen LogP contribution in [-0.4, -0.2) is 19.8 Å². The number of hydrogen-bond donors (Lipinski definition) is 1. The summed E-state index contributed by atoms with van der Waals surface area (Å²) in [5.41, 5.74) is 1.20. The molecule has 1 N–H and O–H groups in total. The maximum absolute atomic E-state index is 10.6. The van der Waals surface area contributed by atoms with Crippen LogP contribution in [0.5, 0.6) is 5.75 Å². The molecule has 19 heavy (non-hydrogen) atoms. The number of nitro benzene ring substituents is 1. The van der Waals surface area contributed by atoms with Gasteiger partial charge in [-0.25, -0.2) is 0 Å². The zero-order valence-corrected chi connectivity index (χ0v) is 10.3. The number of ether oxygens (including phenoxy) is 1. The zero-order valence-electron chi connectivity index (χ0n) is 10.3. The fraction of sp³-hybridized carbons (Fsp3) is 0.250. The zero-order chi connectivity index (χ0) is 13.8. The summed E-state index contributed by atoms with van der Waals surface area (Å²) < 4.78 is 7.18. The molecule has 7 nitrogen and oxygen atoms in total. The highest BCUT2D eigenvalue weighted by atomic mass is 16.6. The van der Waals surface area contributed by atoms with E-state index in [1.54, 1.807) is 17.9 Å². The fourth-order valence-corrected chi connectivity index (χ4v) is 1.65. The molecule has 0 amide bonds. The van der Waals surface area contributed by atoms with E-state index in [1.807, 2.05) is 6.20 Å². The van der Waals surface area contributed by atoms with Crippen LogP contribution in [0.25, 0.3) is 0 Å². The number of aliphatic hydroxyl groups excluding tert-OH is 1. The van der Waals surface area contributed by atoms with Gasteiger partial charge in [-0.15, -0.1) is 0 Å². The van der Waals surface area contributed by atoms with Crippen LogP contribution >= 0.6 is 0 Å². The number of hydrogen-bond acceptors (Lipinski definition) is 5. The van der Waals surface area contributed by atoms with Crippen molar-refractivity contribution in [2.75, 3.05) is 0 Å². The van der Waals surface area contributed by atoms with Gasteiger partial charge in [-0.2, -0.15) is 5.10 Å². The van der Waals surface area contributed by atoms with Gasteiger partial charge in [0.1, 0.15) is 12.4 Å². The van der Waals surface area contributed by atoms with E-state index in [9.17, 15) is 15.2 Å². The second kappa shape index (κ2) is 5.49. The Labute approximate surface area is 109 Å². The lowest BCUT2D eigenvalue weighted by Gasteiger charge is -2.08. The highest BCUT2D eigenvalue weighted by molar-refractivity contribution is 5.43. The van der Waals surface area contributed by atoms with Gasteiger partial charge in [0.2, 0.25) is 0 Å². The van der Waals surface area contributed by atoms with Gasteiger partial charge in [-0.1, -0.05) is 0 Å². The Bertz CT molecular complexity index is 594. The minimum Gasteiger partial charge on any atom is -0.488 e. The molecule has 0 atom stereocenters. The Kier molecular flexibility index (Phi) is 3.76. The van der Waals surface area contributed by atoms with E-state index < -0.39 is 4.92 Å². The van der Waals surface area contributed by atoms with Crippen molar-refractivity contribution < 1.29 is 14.8 Å². The molecule has 0 saturated heterocycles. The molecule has 0 radical (unpaired) electrons. The molecule has 0 unspecified atom stereocenters. The quantitative estimate of drug-likeness (QED) is 0.650. The van der Waals surface area contributed by atoms with Gasteiger partial charge in [0.05, 0.1) is 17.7 Å². The Morgan fingerprint density at radius 1 is 1.53 bits per heavy atom. The number of aryl methyl sites for hydroxylation is 1. The molecular weight excluding hydrogens is 250 g/mol. The van der Waals surface area contributed by atoms with Crippen LogP contribution < -0.4 is 4.74 Å². The average molecular weight is 263 g/mol. The molecular formula is C12H13N3O4. The van der Waals surface area contributed by atoms with Crippen molar-refractivity contribution in [2.24, 2.45) is 7.05 Å². The van der Waals surface area contributed by atoms with Gasteiger partial charge in [-0.3, -0.25) is 14.8 Å². The largest absolute Gasteiger partial charge is 0.488 e. The first-order valence-corrected chi connectivity index (χ1v) is 5.58. The van der Waals surface area contributed by atoms with Crippen molar-refractivity contribution in [3.63, 3.8) is 0 Å². The van der Waals surface area contributed by atoms with Crippen molar-refractivity contribution in [2.45, 2.75) is 13.2 Å². The van der Waals surface area contributed by atoms with E-state index >= 15 is 0 Å². The van der Waals surface area contributed by atoms with E-state index in [1.165, 1.54) is 18.2 Å². The Morgan fingerprint density at radius 2 is 2.32 bits per heavy atom. The maximum Gasteiger partial charge on any atom is 0.270 e. The first-order chi connectivity index (χ1) is 9.10. The standard InChI is InChI=1S/C12H13N3O4/c1-14-6-9(5-13-14)8-19-12-3-2-11(15(17)18)4-10(12)7-16/h2-6,16H,7-8H2,1H3. The summed E-state index contributed by atoms with van der Waals surface area (Å²) in [6.07, 6.45) is 3.48. The maximum atomic E-state index is 10.6. The summed E-state index contributed by atoms with van der Waals surface area (Å²) in [5.74, 6) is 0.428. The lowest BCUT2D eigenvalue weighted by molar-refractivity contribution is -0.385. The van der Waals surface area contributed by atoms with Crippen LogP contribution in [0.1, 0.15) is 11.1 Å². The fourth-order valence-electron chi connectivity index (χ4n) is 1.65. The number of aromatic nitrogens is 2. The molecule has 2 aromatic rings. The van der Waals surface area contributed by atoms with Crippen LogP contribution in [0.4, 0.5) is 5.69 Å². The molecule has 1 aromatic heterocycles. The predicted molar refractivity (Wildman–Crippen MR) is 66.6 cm³/mol. The number of aliphatic hydroxyl groups is 1. The summed E-state index contributed by atoms with van der Waals surface area (Å²) >= 11 is 0. The molecule has 0 fully saturated rings. The van der Waals surface area contributed by atoms with Crippen molar-refractivity contribution in [1.82, 2.24) is 9.78 Å². The molecule has 0 spiro atoms. The summed E-state index contributed by atoms with van der Waals surface area (Å²) in [5, 5.41) is 23.8. The van der Waals surface area contributed by atoms with E-state index in [-0.39, 0.29) is 12.3 Å². The molecule has 7 heteroatoms. The highest BCUT2D eigenvalue weighted by Gasteiger charge is 2.11. The van der Waals surface area contributed by atoms with Crippen molar-refractivity contribution in [3.05, 3.63) is 51.8 Å². The molecule has 0 bridgehead atoms. The molecule has 1 heterocycles. The Hall–Kier alpha value is -2.41. The van der Waals surface area contributed by atoms with Crippen LogP contribution in [0.3, 0.4) is 0 Å². The van der Waals surface area contributed by atoms with Gasteiger partial charge in [0.15, 0.2) is 0 Å². The van der Waals surface area contributed by atoms with Crippen LogP contribution in [0, 0.1) is 10.1 Å². The molecule has 0 aliphatic carbocycles. The Balaban J connectivity index is 2.13. The summed E-state index contributed by atoms with van der Waals surface area (Å²) in [6, 6.07) is 4.14. The van der Waals surface area contributed by atoms with E-state index in [0.29, 0.717) is 17.9 Å². The first-order valence-electron chi connectivity index (χ1n) is 5.58. The van der Waals surface area contributed by atoms with E-state index in [2.05, 4.69) is 5.10 Å². The number of non-ortho nitro benzene ring substituents is 1. The molecule has 2 rings (SSSR count). The lowest BCUT2D eigenvalue weighted by Crippen LogP contribution is -1.99. The lowest BCUT2D eigenvalue weighted by atomic mass is 10.2.